The Bertz CT molecular complexity index is 168. The number of hydrogen-bond acceptors (Lipinski definition) is 0. The lowest BCUT2D eigenvalue weighted by atomic mass is 10.0. The van der Waals surface area contributed by atoms with Crippen molar-refractivity contribution >= 4 is 8.41 Å². The second kappa shape index (κ2) is 14.8. The maximum atomic E-state index is 2.20. The van der Waals surface area contributed by atoms with Gasteiger partial charge in [0.25, 0.3) is 0 Å². The molecule has 14 heavy (non-hydrogen) atoms. The third-order valence-electron chi connectivity index (χ3n) is 1.47. The highest BCUT2D eigenvalue weighted by Gasteiger charge is 1.93. The van der Waals surface area contributed by atoms with Crippen molar-refractivity contribution in [1.82, 2.24) is 0 Å². The molecule has 0 N–H and O–H groups in total. The quantitative estimate of drug-likeness (QED) is 0.574. The van der Waals surface area contributed by atoms with E-state index in [0.717, 1.165) is 0 Å². The van der Waals surface area contributed by atoms with Gasteiger partial charge in [0.15, 0.2) is 0 Å². The second-order valence-electron chi connectivity index (χ2n) is 2.57. The molecule has 0 saturated carbocycles. The fourth-order valence-electron chi connectivity index (χ4n) is 0.838. The van der Waals surface area contributed by atoms with Crippen molar-refractivity contribution < 1.29 is 0 Å². The molecule has 0 bridgehead atoms. The first kappa shape index (κ1) is 19.0. The Kier molecular flexibility index (Phi) is 20.0. The van der Waals surface area contributed by atoms with E-state index in [9.17, 15) is 0 Å². The van der Waals surface area contributed by atoms with Crippen molar-refractivity contribution in [3.05, 3.63) is 35.9 Å². The Balaban J connectivity index is -0.000000216. The third kappa shape index (κ3) is 9.37. The highest BCUT2D eigenvalue weighted by molar-refractivity contribution is 5.75. The van der Waals surface area contributed by atoms with Crippen LogP contribution in [0.2, 0.25) is 0 Å². The van der Waals surface area contributed by atoms with Gasteiger partial charge in [-0.25, -0.2) is 0 Å². The van der Waals surface area contributed by atoms with E-state index in [-0.39, 0.29) is 8.41 Å². The molecule has 0 heterocycles. The summed E-state index contributed by atoms with van der Waals surface area (Å²) in [7, 11) is 0. The summed E-state index contributed by atoms with van der Waals surface area (Å²) in [6.45, 7) is 12.4. The zero-order valence-corrected chi connectivity index (χ0v) is 10.5. The minimum atomic E-state index is 0. The Morgan fingerprint density at radius 3 is 1.36 bits per heavy atom. The van der Waals surface area contributed by atoms with Crippen LogP contribution in [0.3, 0.4) is 0 Å². The Labute approximate surface area is 92.3 Å². The summed E-state index contributed by atoms with van der Waals surface area (Å²) in [5.74, 6) is 0.659. The van der Waals surface area contributed by atoms with Crippen LogP contribution >= 0.6 is 0 Å². The van der Waals surface area contributed by atoms with Crippen LogP contribution in [-0.2, 0) is 0 Å². The van der Waals surface area contributed by atoms with E-state index in [1.807, 2.05) is 33.8 Å². The van der Waals surface area contributed by atoms with Crippen LogP contribution in [0.1, 0.15) is 53.0 Å². The number of rotatable bonds is 1. The van der Waals surface area contributed by atoms with Gasteiger partial charge in [0.1, 0.15) is 0 Å². The maximum absolute atomic E-state index is 2.20. The first-order valence-electron chi connectivity index (χ1n) is 5.35. The highest BCUT2D eigenvalue weighted by Crippen LogP contribution is 2.11. The summed E-state index contributed by atoms with van der Waals surface area (Å²) in [6.07, 6.45) is 0. The molecule has 1 heteroatoms. The SMILES string of the molecule is CC.CC.CC(C)c1ccccc1.[B]. The molecule has 0 aliphatic heterocycles. The molecule has 79 valence electrons. The molecule has 0 amide bonds. The van der Waals surface area contributed by atoms with Crippen LogP contribution in [0.15, 0.2) is 30.3 Å². The number of hydrogen-bond donors (Lipinski definition) is 0. The van der Waals surface area contributed by atoms with Crippen molar-refractivity contribution in [2.24, 2.45) is 0 Å². The molecule has 0 aliphatic carbocycles. The van der Waals surface area contributed by atoms with Crippen molar-refractivity contribution in [1.29, 1.82) is 0 Å². The fourth-order valence-corrected chi connectivity index (χ4v) is 0.838. The molecule has 0 nitrogen and oxygen atoms in total. The first-order valence-corrected chi connectivity index (χ1v) is 5.35. The smallest absolute Gasteiger partial charge is 0 e. The van der Waals surface area contributed by atoms with Gasteiger partial charge in [-0.1, -0.05) is 71.9 Å². The van der Waals surface area contributed by atoms with E-state index in [0.29, 0.717) is 5.92 Å². The van der Waals surface area contributed by atoms with Gasteiger partial charge in [-0.15, -0.1) is 0 Å². The Morgan fingerprint density at radius 1 is 0.786 bits per heavy atom. The second-order valence-corrected chi connectivity index (χ2v) is 2.57. The molecule has 0 aliphatic rings. The zero-order chi connectivity index (χ0) is 10.7. The molecule has 1 aromatic carbocycles. The van der Waals surface area contributed by atoms with Crippen LogP contribution < -0.4 is 0 Å². The summed E-state index contributed by atoms with van der Waals surface area (Å²) < 4.78 is 0. The molecule has 1 rings (SSSR count). The molecule has 1 aromatic rings. The minimum Gasteiger partial charge on any atom is -0.0683 e. The van der Waals surface area contributed by atoms with Crippen LogP contribution in [0, 0.1) is 0 Å². The predicted octanol–water partition coefficient (Wildman–Crippen LogP) is 4.48. The summed E-state index contributed by atoms with van der Waals surface area (Å²) >= 11 is 0. The first-order chi connectivity index (χ1) is 6.30. The summed E-state index contributed by atoms with van der Waals surface area (Å²) in [6, 6.07) is 10.5. The van der Waals surface area contributed by atoms with Gasteiger partial charge in [0, 0.05) is 8.41 Å². The molecule has 0 fully saturated rings. The van der Waals surface area contributed by atoms with Crippen molar-refractivity contribution in [3.63, 3.8) is 0 Å². The summed E-state index contributed by atoms with van der Waals surface area (Å²) in [5, 5.41) is 0. The molecule has 0 aromatic heterocycles. The Morgan fingerprint density at radius 2 is 1.14 bits per heavy atom. The van der Waals surface area contributed by atoms with E-state index in [1.54, 1.807) is 0 Å². The van der Waals surface area contributed by atoms with Gasteiger partial charge in [-0.2, -0.15) is 0 Å². The Hall–Kier alpha value is -0.715. The van der Waals surface area contributed by atoms with Gasteiger partial charge in [0.2, 0.25) is 0 Å². The van der Waals surface area contributed by atoms with Gasteiger partial charge in [0.05, 0.1) is 0 Å². The third-order valence-corrected chi connectivity index (χ3v) is 1.47. The largest absolute Gasteiger partial charge is 0.0683 e. The van der Waals surface area contributed by atoms with E-state index in [1.165, 1.54) is 5.56 Å². The highest BCUT2D eigenvalue weighted by atomic mass is 14.0. The predicted molar refractivity (Wildman–Crippen MR) is 69.0 cm³/mol. The summed E-state index contributed by atoms with van der Waals surface area (Å²) in [4.78, 5) is 0. The average molecular weight is 191 g/mol. The molecule has 0 unspecified atom stereocenters. The lowest BCUT2D eigenvalue weighted by Crippen LogP contribution is -1.83. The van der Waals surface area contributed by atoms with Crippen molar-refractivity contribution in [2.45, 2.75) is 47.5 Å². The molecule has 0 spiro atoms. The van der Waals surface area contributed by atoms with E-state index in [2.05, 4.69) is 38.1 Å². The standard InChI is InChI=1S/C9H12.2C2H6.B/c1-8(2)9-6-4-3-5-7-9;2*1-2;/h3-8H,1-2H3;2*1-2H3;. The maximum Gasteiger partial charge on any atom is 0 e. The van der Waals surface area contributed by atoms with E-state index in [4.69, 9.17) is 0 Å². The van der Waals surface area contributed by atoms with Crippen LogP contribution in [0.25, 0.3) is 0 Å². The topological polar surface area (TPSA) is 0 Å². The lowest BCUT2D eigenvalue weighted by Gasteiger charge is -2.01. The van der Waals surface area contributed by atoms with Crippen molar-refractivity contribution in [2.75, 3.05) is 0 Å². The average Bonchev–Trinajstić information content (AvgIpc) is 2.25. The fraction of sp³-hybridized carbons (Fsp3) is 0.538. The van der Waals surface area contributed by atoms with E-state index < -0.39 is 0 Å². The van der Waals surface area contributed by atoms with Crippen LogP contribution in [-0.4, -0.2) is 8.41 Å². The van der Waals surface area contributed by atoms with E-state index >= 15 is 0 Å². The van der Waals surface area contributed by atoms with Crippen LogP contribution in [0.5, 0.6) is 0 Å². The van der Waals surface area contributed by atoms with Crippen molar-refractivity contribution in [3.8, 4) is 0 Å². The normalized spacial score (nSPS) is 7.36. The molecular formula is C13H24B. The van der Waals surface area contributed by atoms with Gasteiger partial charge in [-0.05, 0) is 11.5 Å². The van der Waals surface area contributed by atoms with Gasteiger partial charge in [-0.3, -0.25) is 0 Å². The van der Waals surface area contributed by atoms with Crippen LogP contribution in [0.4, 0.5) is 0 Å². The molecule has 3 radical (unpaired) electrons. The molecule has 0 saturated heterocycles. The monoisotopic (exact) mass is 191 g/mol. The lowest BCUT2D eigenvalue weighted by molar-refractivity contribution is 0.867. The molecule has 0 atom stereocenters. The summed E-state index contributed by atoms with van der Waals surface area (Å²) in [5.41, 5.74) is 1.41. The minimum absolute atomic E-state index is 0. The van der Waals surface area contributed by atoms with Gasteiger partial charge < -0.3 is 0 Å². The zero-order valence-electron chi connectivity index (χ0n) is 10.5. The van der Waals surface area contributed by atoms with Gasteiger partial charge >= 0.3 is 0 Å². The number of benzene rings is 1. The molecular weight excluding hydrogens is 167 g/mol.